The molecule has 0 saturated carbocycles. The highest BCUT2D eigenvalue weighted by molar-refractivity contribution is 5.49. The third-order valence-electron chi connectivity index (χ3n) is 3.87. The van der Waals surface area contributed by atoms with E-state index in [2.05, 4.69) is 6.07 Å². The number of ether oxygens (including phenoxy) is 1. The van der Waals surface area contributed by atoms with Crippen molar-refractivity contribution in [3.63, 3.8) is 0 Å². The van der Waals surface area contributed by atoms with Gasteiger partial charge in [0.2, 0.25) is 0 Å². The van der Waals surface area contributed by atoms with Crippen molar-refractivity contribution in [2.45, 2.75) is 40.7 Å². The Labute approximate surface area is 125 Å². The standard InChI is InChI=1S/C18H22FNO/c1-10-6-7-11(2)18(13(10)4)21-17-8-12(3)16(19)9-15(17)14(5)20/h6-9,14H,20H2,1-5H3. The number of halogens is 1. The van der Waals surface area contributed by atoms with E-state index < -0.39 is 0 Å². The van der Waals surface area contributed by atoms with Gasteiger partial charge < -0.3 is 10.5 Å². The van der Waals surface area contributed by atoms with Gasteiger partial charge in [0, 0.05) is 11.6 Å². The SMILES string of the molecule is Cc1cc(Oc2c(C)ccc(C)c2C)c(C(C)N)cc1F. The van der Waals surface area contributed by atoms with Crippen molar-refractivity contribution >= 4 is 0 Å². The lowest BCUT2D eigenvalue weighted by Crippen LogP contribution is -2.08. The van der Waals surface area contributed by atoms with E-state index in [-0.39, 0.29) is 11.9 Å². The molecule has 1 unspecified atom stereocenters. The van der Waals surface area contributed by atoms with Crippen LogP contribution in [-0.2, 0) is 0 Å². The molecule has 0 heterocycles. The molecule has 0 aliphatic carbocycles. The van der Waals surface area contributed by atoms with E-state index >= 15 is 0 Å². The summed E-state index contributed by atoms with van der Waals surface area (Å²) in [6, 6.07) is 6.99. The van der Waals surface area contributed by atoms with Gasteiger partial charge in [-0.15, -0.1) is 0 Å². The topological polar surface area (TPSA) is 35.2 Å². The Balaban J connectivity index is 2.54. The van der Waals surface area contributed by atoms with Gasteiger partial charge in [-0.25, -0.2) is 4.39 Å². The van der Waals surface area contributed by atoms with Crippen molar-refractivity contribution < 1.29 is 9.13 Å². The molecule has 0 aromatic heterocycles. The molecule has 2 N–H and O–H groups in total. The summed E-state index contributed by atoms with van der Waals surface area (Å²) in [5.41, 5.74) is 10.5. The molecule has 2 aromatic rings. The highest BCUT2D eigenvalue weighted by Gasteiger charge is 2.15. The van der Waals surface area contributed by atoms with Crippen LogP contribution < -0.4 is 10.5 Å². The monoisotopic (exact) mass is 287 g/mol. The number of rotatable bonds is 3. The first-order valence-corrected chi connectivity index (χ1v) is 7.11. The van der Waals surface area contributed by atoms with Gasteiger partial charge in [0.05, 0.1) is 0 Å². The van der Waals surface area contributed by atoms with Gasteiger partial charge in [0.15, 0.2) is 0 Å². The molecule has 2 rings (SSSR count). The summed E-state index contributed by atoms with van der Waals surface area (Å²) in [6.07, 6.45) is 0. The largest absolute Gasteiger partial charge is 0.456 e. The Morgan fingerprint density at radius 1 is 1.00 bits per heavy atom. The molecular formula is C18H22FNO. The minimum atomic E-state index is -0.291. The van der Waals surface area contributed by atoms with E-state index in [1.807, 2.05) is 33.8 Å². The van der Waals surface area contributed by atoms with Crippen LogP contribution in [0.1, 0.15) is 40.8 Å². The van der Waals surface area contributed by atoms with Gasteiger partial charge >= 0.3 is 0 Å². The van der Waals surface area contributed by atoms with Crippen molar-refractivity contribution in [3.8, 4) is 11.5 Å². The van der Waals surface area contributed by atoms with Gasteiger partial charge in [-0.3, -0.25) is 0 Å². The first-order valence-electron chi connectivity index (χ1n) is 7.11. The van der Waals surface area contributed by atoms with Gasteiger partial charge in [-0.1, -0.05) is 12.1 Å². The summed E-state index contributed by atoms with van der Waals surface area (Å²) in [5.74, 6) is 1.19. The summed E-state index contributed by atoms with van der Waals surface area (Å²) < 4.78 is 19.9. The maximum absolute atomic E-state index is 13.8. The van der Waals surface area contributed by atoms with E-state index in [0.29, 0.717) is 16.9 Å². The number of benzene rings is 2. The van der Waals surface area contributed by atoms with Crippen molar-refractivity contribution in [1.29, 1.82) is 0 Å². The predicted molar refractivity (Wildman–Crippen MR) is 84.5 cm³/mol. The number of hydrogen-bond acceptors (Lipinski definition) is 2. The lowest BCUT2D eigenvalue weighted by molar-refractivity contribution is 0.461. The number of hydrogen-bond donors (Lipinski definition) is 1. The van der Waals surface area contributed by atoms with E-state index in [1.54, 1.807) is 13.0 Å². The first-order chi connectivity index (χ1) is 9.81. The quantitative estimate of drug-likeness (QED) is 0.874. The smallest absolute Gasteiger partial charge is 0.133 e. The normalized spacial score (nSPS) is 12.3. The molecule has 112 valence electrons. The van der Waals surface area contributed by atoms with E-state index in [4.69, 9.17) is 10.5 Å². The Morgan fingerprint density at radius 3 is 2.24 bits per heavy atom. The summed E-state index contributed by atoms with van der Waals surface area (Å²) in [6.45, 7) is 9.63. The van der Waals surface area contributed by atoms with E-state index in [0.717, 1.165) is 22.4 Å². The van der Waals surface area contributed by atoms with Gasteiger partial charge in [-0.2, -0.15) is 0 Å². The maximum Gasteiger partial charge on any atom is 0.133 e. The second-order valence-corrected chi connectivity index (χ2v) is 5.68. The third-order valence-corrected chi connectivity index (χ3v) is 3.87. The van der Waals surface area contributed by atoms with Crippen molar-refractivity contribution in [1.82, 2.24) is 0 Å². The molecule has 2 aromatic carbocycles. The van der Waals surface area contributed by atoms with Gasteiger partial charge in [-0.05, 0) is 69.0 Å². The fourth-order valence-corrected chi connectivity index (χ4v) is 2.31. The summed E-state index contributed by atoms with van der Waals surface area (Å²) >= 11 is 0. The molecule has 0 fully saturated rings. The van der Waals surface area contributed by atoms with Crippen molar-refractivity contribution in [3.05, 3.63) is 57.9 Å². The van der Waals surface area contributed by atoms with E-state index in [1.165, 1.54) is 6.07 Å². The molecule has 0 radical (unpaired) electrons. The number of nitrogens with two attached hydrogens (primary N) is 1. The summed E-state index contributed by atoms with van der Waals surface area (Å²) in [4.78, 5) is 0. The van der Waals surface area contributed by atoms with Gasteiger partial charge in [0.1, 0.15) is 17.3 Å². The third kappa shape index (κ3) is 3.08. The molecule has 21 heavy (non-hydrogen) atoms. The zero-order valence-corrected chi connectivity index (χ0v) is 13.3. The highest BCUT2D eigenvalue weighted by atomic mass is 19.1. The lowest BCUT2D eigenvalue weighted by Gasteiger charge is -2.18. The molecule has 0 amide bonds. The highest BCUT2D eigenvalue weighted by Crippen LogP contribution is 2.35. The molecule has 0 aliphatic rings. The van der Waals surface area contributed by atoms with Crippen LogP contribution >= 0.6 is 0 Å². The maximum atomic E-state index is 13.8. The minimum Gasteiger partial charge on any atom is -0.456 e. The van der Waals surface area contributed by atoms with E-state index in [9.17, 15) is 4.39 Å². The Morgan fingerprint density at radius 2 is 1.62 bits per heavy atom. The van der Waals surface area contributed by atoms with Crippen molar-refractivity contribution in [2.24, 2.45) is 5.73 Å². The molecule has 0 saturated heterocycles. The van der Waals surface area contributed by atoms with Crippen molar-refractivity contribution in [2.75, 3.05) is 0 Å². The summed E-state index contributed by atoms with van der Waals surface area (Å²) in [5, 5.41) is 0. The molecule has 1 atom stereocenters. The zero-order valence-electron chi connectivity index (χ0n) is 13.3. The molecule has 0 spiro atoms. The average molecular weight is 287 g/mol. The molecular weight excluding hydrogens is 265 g/mol. The zero-order chi connectivity index (χ0) is 15.7. The second kappa shape index (κ2) is 5.86. The molecule has 0 bridgehead atoms. The Hall–Kier alpha value is -1.87. The van der Waals surface area contributed by atoms with Crippen LogP contribution in [0.15, 0.2) is 24.3 Å². The van der Waals surface area contributed by atoms with Crippen LogP contribution in [0, 0.1) is 33.5 Å². The first kappa shape index (κ1) is 15.5. The van der Waals surface area contributed by atoms with Crippen LogP contribution in [0.4, 0.5) is 4.39 Å². The second-order valence-electron chi connectivity index (χ2n) is 5.68. The van der Waals surface area contributed by atoms with Gasteiger partial charge in [0.25, 0.3) is 0 Å². The van der Waals surface area contributed by atoms with Crippen LogP contribution in [0.25, 0.3) is 0 Å². The summed E-state index contributed by atoms with van der Waals surface area (Å²) in [7, 11) is 0. The lowest BCUT2D eigenvalue weighted by atomic mass is 10.0. The van der Waals surface area contributed by atoms with Crippen LogP contribution in [0.2, 0.25) is 0 Å². The Kier molecular flexibility index (Phi) is 4.33. The van der Waals surface area contributed by atoms with Crippen LogP contribution in [-0.4, -0.2) is 0 Å². The predicted octanol–water partition coefficient (Wildman–Crippen LogP) is 4.87. The minimum absolute atomic E-state index is 0.257. The van der Waals surface area contributed by atoms with Crippen LogP contribution in [0.5, 0.6) is 11.5 Å². The molecule has 2 nitrogen and oxygen atoms in total. The fraction of sp³-hybridized carbons (Fsp3) is 0.333. The molecule has 3 heteroatoms. The molecule has 0 aliphatic heterocycles. The van der Waals surface area contributed by atoms with Crippen LogP contribution in [0.3, 0.4) is 0 Å². The average Bonchev–Trinajstić information content (AvgIpc) is 2.42. The fourth-order valence-electron chi connectivity index (χ4n) is 2.31. The Bertz CT molecular complexity index is 677. The number of aryl methyl sites for hydroxylation is 3.